The lowest BCUT2D eigenvalue weighted by atomic mass is 10.1. The molecule has 5 rings (SSSR count). The number of carbonyl (C=O) groups excluding carboxylic acids is 1. The minimum absolute atomic E-state index is 0.343. The van der Waals surface area contributed by atoms with Gasteiger partial charge in [-0.2, -0.15) is 0 Å². The van der Waals surface area contributed by atoms with E-state index in [0.29, 0.717) is 0 Å². The summed E-state index contributed by atoms with van der Waals surface area (Å²) in [5.41, 5.74) is 0. The topological polar surface area (TPSA) is 26.3 Å². The molecular formula is C36H62O2. The van der Waals surface area contributed by atoms with Crippen LogP contribution in [0.3, 0.4) is 0 Å². The highest BCUT2D eigenvalue weighted by molar-refractivity contribution is 5.82. The fourth-order valence-electron chi connectivity index (χ4n) is 1.98. The second-order valence-corrected chi connectivity index (χ2v) is 10.7. The van der Waals surface area contributed by atoms with Crippen LogP contribution in [-0.4, -0.2) is 13.1 Å². The van der Waals surface area contributed by atoms with Crippen molar-refractivity contribution in [2.24, 2.45) is 0 Å². The number of hydrogen-bond donors (Lipinski definition) is 0. The van der Waals surface area contributed by atoms with E-state index in [1.807, 2.05) is 30.4 Å². The highest BCUT2D eigenvalue weighted by Gasteiger charge is 1.96. The molecule has 2 heteroatoms. The molecule has 5 aliphatic carbocycles. The molecule has 5 aliphatic rings. The molecule has 0 unspecified atom stereocenters. The van der Waals surface area contributed by atoms with Gasteiger partial charge in [0.05, 0.1) is 7.11 Å². The Balaban J connectivity index is 0.000000701. The Morgan fingerprint density at radius 3 is 1.21 bits per heavy atom. The van der Waals surface area contributed by atoms with Crippen molar-refractivity contribution in [2.75, 3.05) is 7.11 Å². The van der Waals surface area contributed by atoms with E-state index in [1.165, 1.54) is 161 Å². The fraction of sp³-hybridized carbons (Fsp3) is 0.694. The van der Waals surface area contributed by atoms with Gasteiger partial charge in [-0.15, -0.1) is 0 Å². The van der Waals surface area contributed by atoms with Crippen LogP contribution >= 0.6 is 0 Å². The van der Waals surface area contributed by atoms with Gasteiger partial charge in [0.15, 0.2) is 0 Å². The molecule has 0 heterocycles. The zero-order valence-electron chi connectivity index (χ0n) is 25.4. The van der Waals surface area contributed by atoms with Crippen LogP contribution < -0.4 is 0 Å². The lowest BCUT2D eigenvalue weighted by molar-refractivity contribution is -0.134. The second kappa shape index (κ2) is 33.2. The molecule has 0 bridgehead atoms. The van der Waals surface area contributed by atoms with Gasteiger partial charge < -0.3 is 4.74 Å². The number of esters is 1. The van der Waals surface area contributed by atoms with Crippen molar-refractivity contribution >= 4 is 5.97 Å². The molecule has 5 fully saturated rings. The largest absolute Gasteiger partial charge is 0.466 e. The summed E-state index contributed by atoms with van der Waals surface area (Å²) in [7, 11) is 1.36. The summed E-state index contributed by atoms with van der Waals surface area (Å²) >= 11 is 0. The minimum Gasteiger partial charge on any atom is -0.466 e. The van der Waals surface area contributed by atoms with Gasteiger partial charge >= 0.3 is 5.97 Å². The maximum Gasteiger partial charge on any atom is 0.330 e. The molecule has 38 heavy (non-hydrogen) atoms. The molecule has 0 atom stereocenters. The van der Waals surface area contributed by atoms with Crippen molar-refractivity contribution in [3.8, 4) is 0 Å². The van der Waals surface area contributed by atoms with Gasteiger partial charge in [-0.05, 0) is 12.8 Å². The predicted molar refractivity (Wildman–Crippen MR) is 170 cm³/mol. The monoisotopic (exact) mass is 526 g/mol. The SMILES string of the molecule is C1CC1.C1CC1.C1CC1.C1CC1.C1CC1.CCCCCCCCCC=CC=CC=CC=CC=CC(=O)OC. The molecule has 0 spiro atoms. The Morgan fingerprint density at radius 2 is 0.842 bits per heavy atom. The zero-order chi connectivity index (χ0) is 27.6. The van der Waals surface area contributed by atoms with E-state index in [9.17, 15) is 4.79 Å². The quantitative estimate of drug-likeness (QED) is 0.103. The van der Waals surface area contributed by atoms with Crippen LogP contribution in [0.15, 0.2) is 60.8 Å². The first-order valence-electron chi connectivity index (χ1n) is 16.2. The zero-order valence-corrected chi connectivity index (χ0v) is 25.4. The number of methoxy groups -OCH3 is 1. The minimum atomic E-state index is -0.343. The Hall–Kier alpha value is -1.83. The molecule has 2 nitrogen and oxygen atoms in total. The van der Waals surface area contributed by atoms with Gasteiger partial charge in [0.25, 0.3) is 0 Å². The number of unbranched alkanes of at least 4 members (excludes halogenated alkanes) is 7. The average Bonchev–Trinajstić information content (AvgIpc) is 3.75. The summed E-state index contributed by atoms with van der Waals surface area (Å²) in [5, 5.41) is 0. The van der Waals surface area contributed by atoms with Crippen LogP contribution in [0, 0.1) is 0 Å². The van der Waals surface area contributed by atoms with Crippen molar-refractivity contribution < 1.29 is 9.53 Å². The molecule has 5 saturated carbocycles. The number of hydrogen-bond acceptors (Lipinski definition) is 2. The number of rotatable bonds is 13. The Kier molecular flexibility index (Phi) is 31.6. The van der Waals surface area contributed by atoms with E-state index in [0.717, 1.165) is 0 Å². The van der Waals surface area contributed by atoms with Gasteiger partial charge in [0, 0.05) is 6.08 Å². The summed E-state index contributed by atoms with van der Waals surface area (Å²) < 4.78 is 4.48. The first kappa shape index (κ1) is 36.2. The van der Waals surface area contributed by atoms with Crippen LogP contribution in [0.5, 0.6) is 0 Å². The molecular weight excluding hydrogens is 464 g/mol. The molecule has 218 valence electrons. The summed E-state index contributed by atoms with van der Waals surface area (Å²) in [6, 6.07) is 0. The van der Waals surface area contributed by atoms with Crippen molar-refractivity contribution in [3.63, 3.8) is 0 Å². The van der Waals surface area contributed by atoms with Crippen LogP contribution in [0.1, 0.15) is 155 Å². The summed E-state index contributed by atoms with van der Waals surface area (Å²) in [6.45, 7) is 2.26. The average molecular weight is 527 g/mol. The summed E-state index contributed by atoms with van der Waals surface area (Å²) in [5.74, 6) is -0.343. The van der Waals surface area contributed by atoms with E-state index in [2.05, 4.69) is 23.8 Å². The van der Waals surface area contributed by atoms with E-state index in [4.69, 9.17) is 0 Å². The third-order valence-corrected chi connectivity index (χ3v) is 5.09. The van der Waals surface area contributed by atoms with Crippen molar-refractivity contribution in [2.45, 2.75) is 155 Å². The fourth-order valence-corrected chi connectivity index (χ4v) is 1.98. The molecule has 0 aromatic carbocycles. The first-order chi connectivity index (χ1) is 18.8. The van der Waals surface area contributed by atoms with Crippen molar-refractivity contribution in [3.05, 3.63) is 60.8 Å². The molecule has 0 aromatic heterocycles. The van der Waals surface area contributed by atoms with E-state index >= 15 is 0 Å². The third kappa shape index (κ3) is 64.4. The Morgan fingerprint density at radius 1 is 0.500 bits per heavy atom. The van der Waals surface area contributed by atoms with Crippen LogP contribution in [0.4, 0.5) is 0 Å². The van der Waals surface area contributed by atoms with Gasteiger partial charge in [-0.3, -0.25) is 0 Å². The van der Waals surface area contributed by atoms with Gasteiger partial charge in [-0.25, -0.2) is 4.79 Å². The lowest BCUT2D eigenvalue weighted by Crippen LogP contribution is -1.92. The highest BCUT2D eigenvalue weighted by Crippen LogP contribution is 2.16. The van der Waals surface area contributed by atoms with E-state index in [1.54, 1.807) is 12.2 Å². The molecule has 0 N–H and O–H groups in total. The molecule has 0 amide bonds. The molecule has 0 aliphatic heterocycles. The van der Waals surface area contributed by atoms with E-state index in [-0.39, 0.29) is 5.97 Å². The number of ether oxygens (including phenoxy) is 1. The molecule has 0 saturated heterocycles. The maximum absolute atomic E-state index is 10.8. The number of carbonyl (C=O) groups is 1. The standard InChI is InChI=1S/C21H32O2.5C3H6/c1-3-4-5-6-7-8-9-10-11-12-13-14-15-16-17-18-19-20-21(22)23-2;5*1-2-3-1/h11-20H,3-10H2,1-2H3;5*1-3H2. The van der Waals surface area contributed by atoms with Gasteiger partial charge in [-0.1, -0.05) is 196 Å². The Bertz CT molecular complexity index is 565. The van der Waals surface area contributed by atoms with E-state index < -0.39 is 0 Å². The van der Waals surface area contributed by atoms with Crippen molar-refractivity contribution in [1.29, 1.82) is 0 Å². The summed E-state index contributed by atoms with van der Waals surface area (Å²) in [6.07, 6.45) is 52.1. The predicted octanol–water partition coefficient (Wildman–Crippen LogP) is 11.9. The van der Waals surface area contributed by atoms with Gasteiger partial charge in [0.1, 0.15) is 0 Å². The summed E-state index contributed by atoms with van der Waals surface area (Å²) in [4.78, 5) is 10.8. The first-order valence-corrected chi connectivity index (χ1v) is 16.2. The van der Waals surface area contributed by atoms with Crippen molar-refractivity contribution in [1.82, 2.24) is 0 Å². The highest BCUT2D eigenvalue weighted by atomic mass is 16.5. The maximum atomic E-state index is 10.8. The lowest BCUT2D eigenvalue weighted by Gasteiger charge is -1.98. The second-order valence-electron chi connectivity index (χ2n) is 10.7. The smallest absolute Gasteiger partial charge is 0.330 e. The van der Waals surface area contributed by atoms with Gasteiger partial charge in [0.2, 0.25) is 0 Å². The molecule has 0 radical (unpaired) electrons. The third-order valence-electron chi connectivity index (χ3n) is 5.09. The number of allylic oxidation sites excluding steroid dienone is 9. The van der Waals surface area contributed by atoms with Crippen LogP contribution in [0.2, 0.25) is 0 Å². The normalized spacial score (nSPS) is 17.1. The Labute approximate surface area is 237 Å². The van der Waals surface area contributed by atoms with Crippen LogP contribution in [0.25, 0.3) is 0 Å². The van der Waals surface area contributed by atoms with Crippen LogP contribution in [-0.2, 0) is 9.53 Å². The molecule has 0 aromatic rings.